The van der Waals surface area contributed by atoms with Crippen molar-refractivity contribution < 1.29 is 43.4 Å². The molecule has 0 heterocycles. The SMILES string of the molecule is O=S(=O)(F)C(F)(F)C(F)(F)OC(F)(Cl)C(F)(Cl)I. The van der Waals surface area contributed by atoms with E-state index in [4.69, 9.17) is 0 Å². The molecule has 0 aromatic carbocycles. The van der Waals surface area contributed by atoms with Gasteiger partial charge in [0.1, 0.15) is 0 Å². The van der Waals surface area contributed by atoms with E-state index < -0.39 is 30.0 Å². The molecule has 14 heteroatoms. The van der Waals surface area contributed by atoms with Crippen LogP contribution in [0, 0.1) is 0 Å². The molecule has 2 unspecified atom stereocenters. The summed E-state index contributed by atoms with van der Waals surface area (Å²) >= 11 is 9.03. The molecule has 0 N–H and O–H groups in total. The molecule has 110 valence electrons. The topological polar surface area (TPSA) is 43.4 Å². The highest BCUT2D eigenvalue weighted by molar-refractivity contribution is 14.1. The maximum Gasteiger partial charge on any atom is 0.464 e. The Morgan fingerprint density at radius 3 is 1.56 bits per heavy atom. The zero-order valence-corrected chi connectivity index (χ0v) is 11.9. The van der Waals surface area contributed by atoms with Gasteiger partial charge < -0.3 is 0 Å². The zero-order valence-electron chi connectivity index (χ0n) is 7.41. The van der Waals surface area contributed by atoms with Gasteiger partial charge in [0, 0.05) is 0 Å². The Morgan fingerprint density at radius 1 is 1.00 bits per heavy atom. The molecule has 0 rings (SSSR count). The zero-order chi connectivity index (χ0) is 15.2. The van der Waals surface area contributed by atoms with Gasteiger partial charge in [-0.2, -0.15) is 30.4 Å². The number of halogens is 10. The molecule has 3 nitrogen and oxygen atoms in total. The van der Waals surface area contributed by atoms with E-state index in [1.165, 1.54) is 0 Å². The molecule has 0 saturated carbocycles. The smallest absolute Gasteiger partial charge is 0.259 e. The van der Waals surface area contributed by atoms with E-state index in [-0.39, 0.29) is 22.6 Å². The molecular weight excluding hydrogens is 459 g/mol. The highest BCUT2D eigenvalue weighted by Crippen LogP contribution is 2.51. The van der Waals surface area contributed by atoms with Crippen LogP contribution < -0.4 is 0 Å². The lowest BCUT2D eigenvalue weighted by molar-refractivity contribution is -0.367. The highest BCUT2D eigenvalue weighted by atomic mass is 127. The van der Waals surface area contributed by atoms with Gasteiger partial charge >= 0.3 is 30.0 Å². The van der Waals surface area contributed by atoms with Gasteiger partial charge in [0.15, 0.2) is 0 Å². The summed E-state index contributed by atoms with van der Waals surface area (Å²) in [6.07, 6.45) is -6.31. The minimum absolute atomic E-state index is 0.254. The predicted molar refractivity (Wildman–Crippen MR) is 54.4 cm³/mol. The Hall–Kier alpha value is 0.730. The van der Waals surface area contributed by atoms with Gasteiger partial charge in [0.05, 0.1) is 0 Å². The minimum Gasteiger partial charge on any atom is -0.259 e. The summed E-state index contributed by atoms with van der Waals surface area (Å²) in [5.41, 5.74) is 0. The molecule has 0 aliphatic carbocycles. The maximum absolute atomic E-state index is 12.9. The van der Waals surface area contributed by atoms with E-state index >= 15 is 0 Å². The lowest BCUT2D eigenvalue weighted by Crippen LogP contribution is -2.53. The minimum atomic E-state index is -7.18. The molecule has 2 atom stereocenters. The van der Waals surface area contributed by atoms with Crippen molar-refractivity contribution in [3.8, 4) is 0 Å². The molecular formula is C4Cl2F7IO3S. The van der Waals surface area contributed by atoms with Crippen molar-refractivity contribution in [2.75, 3.05) is 0 Å². The number of rotatable bonds is 5. The van der Waals surface area contributed by atoms with Gasteiger partial charge in [-0.15, -0.1) is 0 Å². The fourth-order valence-electron chi connectivity index (χ4n) is 0.420. The van der Waals surface area contributed by atoms with Crippen LogP contribution in [0.2, 0.25) is 0 Å². The summed E-state index contributed by atoms with van der Waals surface area (Å²) in [7, 11) is -7.18. The van der Waals surface area contributed by atoms with Crippen LogP contribution in [-0.4, -0.2) is 28.2 Å². The van der Waals surface area contributed by atoms with Crippen LogP contribution in [0.25, 0.3) is 0 Å². The molecule has 0 aromatic heterocycles. The van der Waals surface area contributed by atoms with Crippen LogP contribution in [0.4, 0.5) is 30.2 Å². The van der Waals surface area contributed by atoms with Crippen molar-refractivity contribution in [3.63, 3.8) is 0 Å². The number of hydrogen-bond acceptors (Lipinski definition) is 3. The third kappa shape index (κ3) is 3.64. The Balaban J connectivity index is 5.47. The summed E-state index contributed by atoms with van der Waals surface area (Å²) < 4.78 is 105. The second kappa shape index (κ2) is 4.93. The van der Waals surface area contributed by atoms with Crippen LogP contribution in [-0.2, 0) is 15.0 Å². The fraction of sp³-hybridized carbons (Fsp3) is 1.00. The molecule has 0 spiro atoms. The Labute approximate surface area is 119 Å². The van der Waals surface area contributed by atoms with Gasteiger partial charge in [-0.3, -0.25) is 4.74 Å². The molecule has 0 saturated heterocycles. The first kappa shape index (κ1) is 18.7. The number of hydrogen-bond donors (Lipinski definition) is 0. The van der Waals surface area contributed by atoms with Crippen molar-refractivity contribution >= 4 is 56.0 Å². The lowest BCUT2D eigenvalue weighted by atomic mass is 10.6. The summed E-state index contributed by atoms with van der Waals surface area (Å²) in [5, 5.41) is -11.3. The summed E-state index contributed by atoms with van der Waals surface area (Å²) in [6.45, 7) is 0. The monoisotopic (exact) mass is 458 g/mol. The molecule has 0 amide bonds. The van der Waals surface area contributed by atoms with Gasteiger partial charge in [-0.05, 0) is 34.2 Å². The Morgan fingerprint density at radius 2 is 1.33 bits per heavy atom. The van der Waals surface area contributed by atoms with E-state index in [1.54, 1.807) is 0 Å². The van der Waals surface area contributed by atoms with Crippen LogP contribution in [0.15, 0.2) is 0 Å². The normalized spacial score (nSPS) is 21.2. The Kier molecular flexibility index (Phi) is 5.13. The molecule has 0 radical (unpaired) electrons. The van der Waals surface area contributed by atoms with E-state index in [1.807, 2.05) is 0 Å². The molecule has 0 aliphatic heterocycles. The standard InChI is InChI=1S/C4Cl2F7IO3S/c5-1(7,14)2(6,8)17-3(9,10)4(11,12)18(13,15)16. The Bertz CT molecular complexity index is 419. The summed E-state index contributed by atoms with van der Waals surface area (Å²) in [5.74, 6) is 0. The first-order valence-corrected chi connectivity index (χ1v) is 6.52. The molecule has 0 bridgehead atoms. The van der Waals surface area contributed by atoms with Crippen LogP contribution in [0.5, 0.6) is 0 Å². The van der Waals surface area contributed by atoms with E-state index in [2.05, 4.69) is 27.9 Å². The average molecular weight is 459 g/mol. The predicted octanol–water partition coefficient (Wildman–Crippen LogP) is 3.65. The highest BCUT2D eigenvalue weighted by Gasteiger charge is 2.73. The van der Waals surface area contributed by atoms with Gasteiger partial charge in [0.25, 0.3) is 0 Å². The van der Waals surface area contributed by atoms with Crippen molar-refractivity contribution in [2.24, 2.45) is 0 Å². The van der Waals surface area contributed by atoms with Gasteiger partial charge in [-0.1, -0.05) is 15.5 Å². The third-order valence-electron chi connectivity index (χ3n) is 1.23. The first-order chi connectivity index (χ1) is 7.46. The quantitative estimate of drug-likeness (QED) is 0.273. The fourth-order valence-corrected chi connectivity index (χ4v) is 0.991. The number of alkyl halides is 9. The van der Waals surface area contributed by atoms with Crippen molar-refractivity contribution in [1.82, 2.24) is 0 Å². The van der Waals surface area contributed by atoms with Gasteiger partial charge in [0.2, 0.25) is 0 Å². The van der Waals surface area contributed by atoms with Crippen molar-refractivity contribution in [2.45, 2.75) is 19.8 Å². The lowest BCUT2D eigenvalue weighted by Gasteiger charge is -2.30. The second-order valence-electron chi connectivity index (χ2n) is 2.59. The molecule has 0 aliphatic rings. The third-order valence-corrected chi connectivity index (χ3v) is 3.77. The summed E-state index contributed by atoms with van der Waals surface area (Å²) in [6, 6.07) is 0. The van der Waals surface area contributed by atoms with Crippen LogP contribution >= 0.6 is 45.8 Å². The van der Waals surface area contributed by atoms with Crippen molar-refractivity contribution in [1.29, 1.82) is 0 Å². The van der Waals surface area contributed by atoms with Crippen molar-refractivity contribution in [3.05, 3.63) is 0 Å². The van der Waals surface area contributed by atoms with Gasteiger partial charge in [-0.25, -0.2) is 4.39 Å². The van der Waals surface area contributed by atoms with E-state index in [9.17, 15) is 38.6 Å². The molecule has 0 aromatic rings. The van der Waals surface area contributed by atoms with Crippen LogP contribution in [0.3, 0.4) is 0 Å². The molecule has 0 fully saturated rings. The van der Waals surface area contributed by atoms with E-state index in [0.29, 0.717) is 0 Å². The maximum atomic E-state index is 12.9. The largest absolute Gasteiger partial charge is 0.464 e. The van der Waals surface area contributed by atoms with E-state index in [0.717, 1.165) is 0 Å². The van der Waals surface area contributed by atoms with Crippen LogP contribution in [0.1, 0.15) is 0 Å². The number of ether oxygens (including phenoxy) is 1. The average Bonchev–Trinajstić information content (AvgIpc) is 1.96. The molecule has 18 heavy (non-hydrogen) atoms. The second-order valence-corrected chi connectivity index (χ2v) is 7.11. The first-order valence-electron chi connectivity index (χ1n) is 3.30. The summed E-state index contributed by atoms with van der Waals surface area (Å²) in [4.78, 5) is 0.